The van der Waals surface area contributed by atoms with Crippen LogP contribution < -0.4 is 10.2 Å². The van der Waals surface area contributed by atoms with Gasteiger partial charge in [0, 0.05) is 64.5 Å². The van der Waals surface area contributed by atoms with E-state index in [-0.39, 0.29) is 17.7 Å². The van der Waals surface area contributed by atoms with Gasteiger partial charge in [0.25, 0.3) is 0 Å². The van der Waals surface area contributed by atoms with Crippen LogP contribution >= 0.6 is 0 Å². The highest BCUT2D eigenvalue weighted by Crippen LogP contribution is 2.25. The van der Waals surface area contributed by atoms with Crippen molar-refractivity contribution in [1.29, 1.82) is 0 Å². The highest BCUT2D eigenvalue weighted by atomic mass is 16.2. The molecule has 0 spiro atoms. The molecule has 2 aliphatic rings. The van der Waals surface area contributed by atoms with E-state index >= 15 is 0 Å². The van der Waals surface area contributed by atoms with Crippen molar-refractivity contribution < 1.29 is 9.59 Å². The Kier molecular flexibility index (Phi) is 8.11. The van der Waals surface area contributed by atoms with E-state index in [0.717, 1.165) is 56.2 Å². The number of hydrogen-bond acceptors (Lipinski definition) is 6. The summed E-state index contributed by atoms with van der Waals surface area (Å²) in [4.78, 5) is 41.1. The average Bonchev–Trinajstić information content (AvgIpc) is 2.86. The lowest BCUT2D eigenvalue weighted by Gasteiger charge is -2.36. The fourth-order valence-electron chi connectivity index (χ4n) is 4.74. The number of carbonyl (C=O) groups excluding carboxylic acids is 2. The normalized spacial score (nSPS) is 18.6. The van der Waals surface area contributed by atoms with E-state index in [0.29, 0.717) is 25.9 Å². The Morgan fingerprint density at radius 1 is 1.03 bits per heavy atom. The van der Waals surface area contributed by atoms with Crippen LogP contribution in [0.15, 0.2) is 42.7 Å². The van der Waals surface area contributed by atoms with Gasteiger partial charge in [0.1, 0.15) is 6.04 Å². The van der Waals surface area contributed by atoms with Crippen molar-refractivity contribution in [2.45, 2.75) is 45.7 Å². The second kappa shape index (κ2) is 11.4. The molecular formula is C26H36N6O2. The lowest BCUT2D eigenvalue weighted by atomic mass is 9.92. The van der Waals surface area contributed by atoms with E-state index in [2.05, 4.69) is 37.2 Å². The van der Waals surface area contributed by atoms with Crippen LogP contribution in [-0.4, -0.2) is 76.9 Å². The molecule has 0 saturated carbocycles. The number of fused-ring (bicyclic) bond motifs is 1. The van der Waals surface area contributed by atoms with Gasteiger partial charge >= 0.3 is 0 Å². The fraction of sp³-hybridized carbons (Fsp3) is 0.538. The number of anilines is 1. The largest absolute Gasteiger partial charge is 0.354 e. The second-order valence-corrected chi connectivity index (χ2v) is 9.63. The minimum Gasteiger partial charge on any atom is -0.354 e. The molecule has 8 nitrogen and oxygen atoms in total. The van der Waals surface area contributed by atoms with E-state index in [1.807, 2.05) is 32.0 Å². The Bertz CT molecular complexity index is 959. The number of piperazine rings is 1. The second-order valence-electron chi connectivity index (χ2n) is 9.63. The standard InChI is InChI=1S/C26H36N6O2/c1-20(2)17-24(33)32-19-22-8-4-3-7-21(22)18-23(32)25(34)27-11-6-12-30-13-15-31(16-14-30)26-28-9-5-10-29-26/h3-5,7-10,20,23H,6,11-19H2,1-2H3,(H,27,34). The third-order valence-corrected chi connectivity index (χ3v) is 6.61. The molecule has 0 radical (unpaired) electrons. The predicted octanol–water partition coefficient (Wildman–Crippen LogP) is 2.10. The minimum absolute atomic E-state index is 0.0438. The van der Waals surface area contributed by atoms with Crippen molar-refractivity contribution in [3.05, 3.63) is 53.9 Å². The van der Waals surface area contributed by atoms with Gasteiger partial charge in [-0.2, -0.15) is 0 Å². The van der Waals surface area contributed by atoms with Crippen LogP contribution in [0.5, 0.6) is 0 Å². The van der Waals surface area contributed by atoms with Gasteiger partial charge in [0.05, 0.1) is 0 Å². The molecule has 2 aliphatic heterocycles. The van der Waals surface area contributed by atoms with Gasteiger partial charge in [-0.25, -0.2) is 9.97 Å². The first-order chi connectivity index (χ1) is 16.5. The summed E-state index contributed by atoms with van der Waals surface area (Å²) in [5, 5.41) is 3.11. The molecule has 1 aromatic carbocycles. The molecule has 2 amide bonds. The first-order valence-corrected chi connectivity index (χ1v) is 12.4. The number of rotatable bonds is 8. The number of nitrogens with one attached hydrogen (secondary N) is 1. The van der Waals surface area contributed by atoms with Crippen LogP contribution in [0.25, 0.3) is 0 Å². The number of aromatic nitrogens is 2. The monoisotopic (exact) mass is 464 g/mol. The third-order valence-electron chi connectivity index (χ3n) is 6.61. The molecule has 3 heterocycles. The van der Waals surface area contributed by atoms with Crippen LogP contribution in [0.1, 0.15) is 37.8 Å². The zero-order valence-electron chi connectivity index (χ0n) is 20.3. The van der Waals surface area contributed by atoms with Gasteiger partial charge < -0.3 is 15.1 Å². The topological polar surface area (TPSA) is 81.7 Å². The van der Waals surface area contributed by atoms with Crippen LogP contribution in [-0.2, 0) is 22.6 Å². The maximum absolute atomic E-state index is 13.1. The van der Waals surface area contributed by atoms with Crippen LogP contribution in [0.2, 0.25) is 0 Å². The van der Waals surface area contributed by atoms with E-state index < -0.39 is 6.04 Å². The SMILES string of the molecule is CC(C)CC(=O)N1Cc2ccccc2CC1C(=O)NCCCN1CCN(c2ncccn2)CC1. The Hall–Kier alpha value is -3.00. The van der Waals surface area contributed by atoms with E-state index in [1.165, 1.54) is 0 Å². The van der Waals surface area contributed by atoms with Gasteiger partial charge in [-0.05, 0) is 36.1 Å². The molecule has 182 valence electrons. The Balaban J connectivity index is 1.25. The molecule has 1 aromatic heterocycles. The van der Waals surface area contributed by atoms with Gasteiger partial charge in [-0.1, -0.05) is 38.1 Å². The minimum atomic E-state index is -0.435. The van der Waals surface area contributed by atoms with Crippen molar-refractivity contribution >= 4 is 17.8 Å². The number of benzene rings is 1. The number of nitrogens with zero attached hydrogens (tertiary/aromatic N) is 5. The summed E-state index contributed by atoms with van der Waals surface area (Å²) in [5.74, 6) is 1.07. The summed E-state index contributed by atoms with van der Waals surface area (Å²) < 4.78 is 0. The molecule has 1 atom stereocenters. The zero-order valence-corrected chi connectivity index (χ0v) is 20.3. The highest BCUT2D eigenvalue weighted by molar-refractivity contribution is 5.88. The lowest BCUT2D eigenvalue weighted by molar-refractivity contribution is -0.142. The highest BCUT2D eigenvalue weighted by Gasteiger charge is 2.34. The van der Waals surface area contributed by atoms with Gasteiger partial charge in [-0.3, -0.25) is 14.5 Å². The summed E-state index contributed by atoms with van der Waals surface area (Å²) in [5.41, 5.74) is 2.31. The van der Waals surface area contributed by atoms with Crippen LogP contribution in [0.4, 0.5) is 5.95 Å². The van der Waals surface area contributed by atoms with Crippen molar-refractivity contribution in [3.8, 4) is 0 Å². The molecule has 8 heteroatoms. The van der Waals surface area contributed by atoms with Crippen molar-refractivity contribution in [2.75, 3.05) is 44.2 Å². The van der Waals surface area contributed by atoms with Crippen molar-refractivity contribution in [3.63, 3.8) is 0 Å². The van der Waals surface area contributed by atoms with E-state index in [1.54, 1.807) is 17.3 Å². The summed E-state index contributed by atoms with van der Waals surface area (Å²) >= 11 is 0. The zero-order chi connectivity index (χ0) is 23.9. The molecule has 2 aromatic rings. The predicted molar refractivity (Wildman–Crippen MR) is 132 cm³/mol. The smallest absolute Gasteiger partial charge is 0.243 e. The van der Waals surface area contributed by atoms with Gasteiger partial charge in [-0.15, -0.1) is 0 Å². The summed E-state index contributed by atoms with van der Waals surface area (Å²) in [6.45, 7) is 9.88. The lowest BCUT2D eigenvalue weighted by Crippen LogP contribution is -2.53. The molecule has 1 N–H and O–H groups in total. The quantitative estimate of drug-likeness (QED) is 0.603. The van der Waals surface area contributed by atoms with Crippen molar-refractivity contribution in [2.24, 2.45) is 5.92 Å². The van der Waals surface area contributed by atoms with Gasteiger partial charge in [0.15, 0.2) is 0 Å². The Morgan fingerprint density at radius 3 is 2.44 bits per heavy atom. The Labute approximate surface area is 202 Å². The molecule has 0 bridgehead atoms. The van der Waals surface area contributed by atoms with Gasteiger partial charge in [0.2, 0.25) is 17.8 Å². The molecule has 0 aliphatic carbocycles. The van der Waals surface area contributed by atoms with E-state index in [9.17, 15) is 9.59 Å². The molecular weight excluding hydrogens is 428 g/mol. The molecule has 4 rings (SSSR count). The van der Waals surface area contributed by atoms with Crippen LogP contribution in [0.3, 0.4) is 0 Å². The maximum Gasteiger partial charge on any atom is 0.243 e. The first kappa shape index (κ1) is 24.1. The number of hydrogen-bond donors (Lipinski definition) is 1. The first-order valence-electron chi connectivity index (χ1n) is 12.4. The Morgan fingerprint density at radius 2 is 1.74 bits per heavy atom. The molecule has 1 fully saturated rings. The number of carbonyl (C=O) groups is 2. The third kappa shape index (κ3) is 6.11. The fourth-order valence-corrected chi connectivity index (χ4v) is 4.74. The summed E-state index contributed by atoms with van der Waals surface area (Å²) in [6, 6.07) is 9.53. The van der Waals surface area contributed by atoms with Crippen molar-refractivity contribution in [1.82, 2.24) is 25.1 Å². The van der Waals surface area contributed by atoms with Crippen LogP contribution in [0, 0.1) is 5.92 Å². The maximum atomic E-state index is 13.1. The number of amides is 2. The van der Waals surface area contributed by atoms with E-state index in [4.69, 9.17) is 0 Å². The summed E-state index contributed by atoms with van der Waals surface area (Å²) in [6.07, 6.45) is 5.48. The molecule has 34 heavy (non-hydrogen) atoms. The molecule has 1 unspecified atom stereocenters. The average molecular weight is 465 g/mol. The summed E-state index contributed by atoms with van der Waals surface area (Å²) in [7, 11) is 0. The molecule has 1 saturated heterocycles.